The SMILES string of the molecule is OC1CNCCN(Cc2ccco2)C1. The Labute approximate surface area is 83.5 Å². The van der Waals surface area contributed by atoms with Gasteiger partial charge in [0.15, 0.2) is 0 Å². The lowest BCUT2D eigenvalue weighted by Crippen LogP contribution is -2.32. The molecule has 1 aromatic rings. The minimum absolute atomic E-state index is 0.271. The van der Waals surface area contributed by atoms with Gasteiger partial charge in [-0.3, -0.25) is 4.90 Å². The molecule has 2 heterocycles. The largest absolute Gasteiger partial charge is 0.468 e. The molecule has 1 saturated heterocycles. The average molecular weight is 196 g/mol. The van der Waals surface area contributed by atoms with Crippen LogP contribution in [-0.2, 0) is 6.54 Å². The topological polar surface area (TPSA) is 48.6 Å². The van der Waals surface area contributed by atoms with Gasteiger partial charge in [0.25, 0.3) is 0 Å². The Balaban J connectivity index is 1.90. The van der Waals surface area contributed by atoms with Gasteiger partial charge in [-0.1, -0.05) is 0 Å². The highest BCUT2D eigenvalue weighted by atomic mass is 16.3. The molecule has 0 amide bonds. The number of aliphatic hydroxyl groups is 1. The van der Waals surface area contributed by atoms with Crippen LogP contribution in [0.5, 0.6) is 0 Å². The molecule has 2 N–H and O–H groups in total. The lowest BCUT2D eigenvalue weighted by Gasteiger charge is -2.19. The van der Waals surface area contributed by atoms with Gasteiger partial charge in [-0.05, 0) is 12.1 Å². The summed E-state index contributed by atoms with van der Waals surface area (Å²) in [4.78, 5) is 2.20. The summed E-state index contributed by atoms with van der Waals surface area (Å²) in [5, 5.41) is 12.7. The van der Waals surface area contributed by atoms with Crippen LogP contribution in [-0.4, -0.2) is 42.3 Å². The van der Waals surface area contributed by atoms with E-state index in [2.05, 4.69) is 10.2 Å². The molecule has 0 aliphatic carbocycles. The summed E-state index contributed by atoms with van der Waals surface area (Å²) in [5.74, 6) is 0.958. The van der Waals surface area contributed by atoms with Crippen LogP contribution in [0.4, 0.5) is 0 Å². The molecule has 1 aromatic heterocycles. The molecule has 0 radical (unpaired) electrons. The summed E-state index contributed by atoms with van der Waals surface area (Å²) in [6.45, 7) is 4.07. The van der Waals surface area contributed by atoms with Crippen molar-refractivity contribution >= 4 is 0 Å². The van der Waals surface area contributed by atoms with Crippen LogP contribution in [0.15, 0.2) is 22.8 Å². The summed E-state index contributed by atoms with van der Waals surface area (Å²) in [5.41, 5.74) is 0. The molecular weight excluding hydrogens is 180 g/mol. The monoisotopic (exact) mass is 196 g/mol. The van der Waals surface area contributed by atoms with E-state index in [-0.39, 0.29) is 6.10 Å². The molecule has 4 heteroatoms. The highest BCUT2D eigenvalue weighted by Gasteiger charge is 2.16. The first-order chi connectivity index (χ1) is 6.84. The second-order valence-electron chi connectivity index (χ2n) is 3.67. The Morgan fingerprint density at radius 1 is 1.64 bits per heavy atom. The average Bonchev–Trinajstić information content (AvgIpc) is 2.56. The first-order valence-electron chi connectivity index (χ1n) is 4.98. The van der Waals surface area contributed by atoms with Gasteiger partial charge in [-0.2, -0.15) is 0 Å². The number of β-amino-alcohol motifs (C(OH)–C–C–N with tert-alkyl or cyclic N) is 1. The molecule has 1 unspecified atom stereocenters. The minimum Gasteiger partial charge on any atom is -0.468 e. The fourth-order valence-corrected chi connectivity index (χ4v) is 1.73. The molecule has 1 aliphatic rings. The number of aliphatic hydroxyl groups excluding tert-OH is 1. The molecule has 0 spiro atoms. The molecule has 14 heavy (non-hydrogen) atoms. The molecule has 2 rings (SSSR count). The van der Waals surface area contributed by atoms with E-state index in [1.807, 2.05) is 12.1 Å². The lowest BCUT2D eigenvalue weighted by molar-refractivity contribution is 0.123. The summed E-state index contributed by atoms with van der Waals surface area (Å²) in [6.07, 6.45) is 1.41. The van der Waals surface area contributed by atoms with Crippen molar-refractivity contribution in [2.45, 2.75) is 12.6 Å². The van der Waals surface area contributed by atoms with Crippen molar-refractivity contribution in [1.82, 2.24) is 10.2 Å². The van der Waals surface area contributed by atoms with Crippen molar-refractivity contribution in [3.05, 3.63) is 24.2 Å². The number of hydrogen-bond donors (Lipinski definition) is 2. The zero-order valence-electron chi connectivity index (χ0n) is 8.15. The second kappa shape index (κ2) is 4.59. The van der Waals surface area contributed by atoms with Crippen LogP contribution in [0.25, 0.3) is 0 Å². The Bertz CT molecular complexity index is 261. The lowest BCUT2D eigenvalue weighted by atomic mass is 10.3. The molecule has 0 bridgehead atoms. The van der Waals surface area contributed by atoms with Crippen molar-refractivity contribution < 1.29 is 9.52 Å². The Kier molecular flexibility index (Phi) is 3.18. The third-order valence-electron chi connectivity index (χ3n) is 2.41. The van der Waals surface area contributed by atoms with E-state index >= 15 is 0 Å². The van der Waals surface area contributed by atoms with E-state index in [1.54, 1.807) is 6.26 Å². The highest BCUT2D eigenvalue weighted by molar-refractivity contribution is 4.98. The summed E-state index contributed by atoms with van der Waals surface area (Å²) < 4.78 is 5.27. The number of rotatable bonds is 2. The number of furan rings is 1. The zero-order valence-corrected chi connectivity index (χ0v) is 8.15. The summed E-state index contributed by atoms with van der Waals surface area (Å²) in [7, 11) is 0. The van der Waals surface area contributed by atoms with Crippen LogP contribution < -0.4 is 5.32 Å². The minimum atomic E-state index is -0.271. The van der Waals surface area contributed by atoms with Crippen molar-refractivity contribution in [1.29, 1.82) is 0 Å². The van der Waals surface area contributed by atoms with E-state index in [9.17, 15) is 5.11 Å². The van der Waals surface area contributed by atoms with Crippen molar-refractivity contribution in [2.24, 2.45) is 0 Å². The van der Waals surface area contributed by atoms with E-state index in [0.29, 0.717) is 13.1 Å². The van der Waals surface area contributed by atoms with Gasteiger partial charge >= 0.3 is 0 Å². The van der Waals surface area contributed by atoms with Gasteiger partial charge in [0, 0.05) is 26.2 Å². The van der Waals surface area contributed by atoms with Crippen molar-refractivity contribution in [2.75, 3.05) is 26.2 Å². The van der Waals surface area contributed by atoms with E-state index in [1.165, 1.54) is 0 Å². The first-order valence-corrected chi connectivity index (χ1v) is 4.98. The Morgan fingerprint density at radius 2 is 2.57 bits per heavy atom. The predicted octanol–water partition coefficient (Wildman–Crippen LogP) is 0.0457. The molecule has 78 valence electrons. The van der Waals surface area contributed by atoms with Gasteiger partial charge in [-0.15, -0.1) is 0 Å². The van der Waals surface area contributed by atoms with Gasteiger partial charge in [0.1, 0.15) is 5.76 Å². The normalized spacial score (nSPS) is 24.8. The van der Waals surface area contributed by atoms with Crippen molar-refractivity contribution in [3.8, 4) is 0 Å². The maximum atomic E-state index is 9.55. The van der Waals surface area contributed by atoms with E-state index in [4.69, 9.17) is 4.42 Å². The molecule has 1 aliphatic heterocycles. The standard InChI is InChI=1S/C10H16N2O2/c13-9-6-11-3-4-12(7-9)8-10-2-1-5-14-10/h1-2,5,9,11,13H,3-4,6-8H2. The summed E-state index contributed by atoms with van der Waals surface area (Å²) >= 11 is 0. The number of nitrogens with zero attached hydrogens (tertiary/aromatic N) is 1. The Hall–Kier alpha value is -0.840. The van der Waals surface area contributed by atoms with Gasteiger partial charge in [0.2, 0.25) is 0 Å². The molecular formula is C10H16N2O2. The number of hydrogen-bond acceptors (Lipinski definition) is 4. The quantitative estimate of drug-likeness (QED) is 0.701. The van der Waals surface area contributed by atoms with Crippen molar-refractivity contribution in [3.63, 3.8) is 0 Å². The van der Waals surface area contributed by atoms with Crippen LogP contribution >= 0.6 is 0 Å². The Morgan fingerprint density at radius 3 is 3.36 bits per heavy atom. The fraction of sp³-hybridized carbons (Fsp3) is 0.600. The predicted molar refractivity (Wildman–Crippen MR) is 52.9 cm³/mol. The number of nitrogens with one attached hydrogen (secondary N) is 1. The van der Waals surface area contributed by atoms with Gasteiger partial charge in [0.05, 0.1) is 18.9 Å². The van der Waals surface area contributed by atoms with Crippen LogP contribution in [0.1, 0.15) is 5.76 Å². The van der Waals surface area contributed by atoms with Crippen LogP contribution in [0, 0.1) is 0 Å². The third kappa shape index (κ3) is 2.57. The van der Waals surface area contributed by atoms with Gasteiger partial charge in [-0.25, -0.2) is 0 Å². The third-order valence-corrected chi connectivity index (χ3v) is 2.41. The fourth-order valence-electron chi connectivity index (χ4n) is 1.73. The highest BCUT2D eigenvalue weighted by Crippen LogP contribution is 2.06. The van der Waals surface area contributed by atoms with Gasteiger partial charge < -0.3 is 14.8 Å². The van der Waals surface area contributed by atoms with E-state index < -0.39 is 0 Å². The van der Waals surface area contributed by atoms with E-state index in [0.717, 1.165) is 25.4 Å². The molecule has 0 saturated carbocycles. The maximum Gasteiger partial charge on any atom is 0.117 e. The zero-order chi connectivity index (χ0) is 9.80. The second-order valence-corrected chi connectivity index (χ2v) is 3.67. The van der Waals surface area contributed by atoms with Crippen LogP contribution in [0.3, 0.4) is 0 Å². The molecule has 4 nitrogen and oxygen atoms in total. The van der Waals surface area contributed by atoms with Crippen LogP contribution in [0.2, 0.25) is 0 Å². The summed E-state index contributed by atoms with van der Waals surface area (Å²) in [6, 6.07) is 3.85. The maximum absolute atomic E-state index is 9.55. The molecule has 1 fully saturated rings. The molecule has 1 atom stereocenters. The smallest absolute Gasteiger partial charge is 0.117 e. The first kappa shape index (κ1) is 9.71. The molecule has 0 aromatic carbocycles.